The summed E-state index contributed by atoms with van der Waals surface area (Å²) in [5, 5.41) is 0.741. The standard InChI is InChI=1S/C21H19ClO2/c1-2-3-17-14-23-21(24-15-17)13-6-16-4-7-18(8-5-16)19-9-11-20(22)12-10-19/h2-5,7-12,17,21H,14-15H2,1H3. The first-order valence-electron chi connectivity index (χ1n) is 7.98. The number of halogens is 1. The van der Waals surface area contributed by atoms with Crippen LogP contribution < -0.4 is 0 Å². The Hall–Kier alpha value is -2.05. The third-order valence-electron chi connectivity index (χ3n) is 3.78. The molecule has 2 aromatic rings. The van der Waals surface area contributed by atoms with Crippen LogP contribution in [0.2, 0.25) is 5.02 Å². The summed E-state index contributed by atoms with van der Waals surface area (Å²) < 4.78 is 11.2. The highest BCUT2D eigenvalue weighted by atomic mass is 35.5. The predicted molar refractivity (Wildman–Crippen MR) is 97.8 cm³/mol. The van der Waals surface area contributed by atoms with Gasteiger partial charge < -0.3 is 9.47 Å². The Morgan fingerprint density at radius 3 is 2.12 bits per heavy atom. The number of hydrogen-bond acceptors (Lipinski definition) is 2. The second-order valence-corrected chi connectivity index (χ2v) is 6.07. The molecule has 2 aromatic carbocycles. The molecular formula is C21H19ClO2. The van der Waals surface area contributed by atoms with Crippen LogP contribution in [0.15, 0.2) is 60.7 Å². The summed E-state index contributed by atoms with van der Waals surface area (Å²) in [6.07, 6.45) is 3.67. The molecule has 3 heteroatoms. The molecule has 0 spiro atoms. The summed E-state index contributed by atoms with van der Waals surface area (Å²) in [5.41, 5.74) is 3.21. The summed E-state index contributed by atoms with van der Waals surface area (Å²) >= 11 is 5.92. The Morgan fingerprint density at radius 1 is 0.958 bits per heavy atom. The van der Waals surface area contributed by atoms with E-state index in [0.717, 1.165) is 21.7 Å². The van der Waals surface area contributed by atoms with Crippen LogP contribution in [0.5, 0.6) is 0 Å². The van der Waals surface area contributed by atoms with Gasteiger partial charge in [-0.15, -0.1) is 0 Å². The fourth-order valence-corrected chi connectivity index (χ4v) is 2.64. The Bertz CT molecular complexity index is 743. The van der Waals surface area contributed by atoms with Crippen molar-refractivity contribution in [3.63, 3.8) is 0 Å². The molecule has 1 heterocycles. The Balaban J connectivity index is 1.62. The second kappa shape index (κ2) is 8.17. The van der Waals surface area contributed by atoms with Crippen LogP contribution in [-0.4, -0.2) is 19.5 Å². The number of rotatable bonds is 2. The van der Waals surface area contributed by atoms with Gasteiger partial charge in [0.05, 0.1) is 13.2 Å². The van der Waals surface area contributed by atoms with Gasteiger partial charge in [0.2, 0.25) is 6.29 Å². The molecule has 0 saturated carbocycles. The number of benzene rings is 2. The average Bonchev–Trinajstić information content (AvgIpc) is 2.63. The lowest BCUT2D eigenvalue weighted by atomic mass is 10.0. The van der Waals surface area contributed by atoms with E-state index in [0.29, 0.717) is 19.1 Å². The largest absolute Gasteiger partial charge is 0.341 e. The fraction of sp³-hybridized carbons (Fsp3) is 0.238. The Kier molecular flexibility index (Phi) is 5.72. The van der Waals surface area contributed by atoms with Gasteiger partial charge in [0.15, 0.2) is 0 Å². The van der Waals surface area contributed by atoms with Crippen LogP contribution in [0.4, 0.5) is 0 Å². The molecule has 1 fully saturated rings. The third-order valence-corrected chi connectivity index (χ3v) is 4.04. The number of ether oxygens (including phenoxy) is 2. The first-order valence-corrected chi connectivity index (χ1v) is 8.36. The van der Waals surface area contributed by atoms with Gasteiger partial charge in [0.25, 0.3) is 0 Å². The van der Waals surface area contributed by atoms with Gasteiger partial charge in [-0.1, -0.05) is 53.9 Å². The van der Waals surface area contributed by atoms with Crippen molar-refractivity contribution in [3.8, 4) is 23.0 Å². The fourth-order valence-electron chi connectivity index (χ4n) is 2.52. The lowest BCUT2D eigenvalue weighted by Gasteiger charge is -2.24. The molecule has 0 amide bonds. The van der Waals surface area contributed by atoms with E-state index in [-0.39, 0.29) is 0 Å². The van der Waals surface area contributed by atoms with Gasteiger partial charge >= 0.3 is 0 Å². The van der Waals surface area contributed by atoms with Gasteiger partial charge in [-0.3, -0.25) is 0 Å². The molecular weight excluding hydrogens is 320 g/mol. The van der Waals surface area contributed by atoms with Gasteiger partial charge in [0.1, 0.15) is 0 Å². The first-order chi connectivity index (χ1) is 11.7. The summed E-state index contributed by atoms with van der Waals surface area (Å²) in [6.45, 7) is 3.30. The molecule has 1 aliphatic heterocycles. The van der Waals surface area contributed by atoms with Crippen molar-refractivity contribution in [2.75, 3.05) is 13.2 Å². The Labute approximate surface area is 148 Å². The molecule has 0 radical (unpaired) electrons. The molecule has 0 aliphatic carbocycles. The van der Waals surface area contributed by atoms with E-state index in [1.165, 1.54) is 0 Å². The Morgan fingerprint density at radius 2 is 1.54 bits per heavy atom. The molecule has 0 N–H and O–H groups in total. The lowest BCUT2D eigenvalue weighted by Crippen LogP contribution is -2.30. The van der Waals surface area contributed by atoms with E-state index in [1.807, 2.05) is 49.4 Å². The molecule has 1 saturated heterocycles. The molecule has 122 valence electrons. The highest BCUT2D eigenvalue weighted by molar-refractivity contribution is 6.30. The maximum absolute atomic E-state index is 5.92. The monoisotopic (exact) mass is 338 g/mol. The molecule has 0 bridgehead atoms. The van der Waals surface area contributed by atoms with Crippen molar-refractivity contribution < 1.29 is 9.47 Å². The zero-order valence-corrected chi connectivity index (χ0v) is 14.3. The average molecular weight is 339 g/mol. The summed E-state index contributed by atoms with van der Waals surface area (Å²) in [5.74, 6) is 6.47. The maximum atomic E-state index is 5.92. The van der Waals surface area contributed by atoms with Crippen LogP contribution in [0.25, 0.3) is 11.1 Å². The van der Waals surface area contributed by atoms with Crippen LogP contribution >= 0.6 is 11.6 Å². The number of hydrogen-bond donors (Lipinski definition) is 0. The van der Waals surface area contributed by atoms with Crippen LogP contribution in [0.1, 0.15) is 12.5 Å². The van der Waals surface area contributed by atoms with Gasteiger partial charge in [-0.25, -0.2) is 0 Å². The summed E-state index contributed by atoms with van der Waals surface area (Å²) in [4.78, 5) is 0. The normalized spacial score (nSPS) is 20.6. The maximum Gasteiger partial charge on any atom is 0.222 e. The molecule has 0 aromatic heterocycles. The predicted octanol–water partition coefficient (Wildman–Crippen LogP) is 4.92. The van der Waals surface area contributed by atoms with E-state index in [4.69, 9.17) is 21.1 Å². The van der Waals surface area contributed by atoms with E-state index in [9.17, 15) is 0 Å². The van der Waals surface area contributed by atoms with Crippen molar-refractivity contribution in [1.29, 1.82) is 0 Å². The van der Waals surface area contributed by atoms with E-state index >= 15 is 0 Å². The third kappa shape index (κ3) is 4.49. The molecule has 2 nitrogen and oxygen atoms in total. The minimum atomic E-state index is -0.442. The SMILES string of the molecule is CC=CC1COC(C#Cc2ccc(-c3ccc(Cl)cc3)cc2)OC1. The summed E-state index contributed by atoms with van der Waals surface area (Å²) in [6, 6.07) is 15.9. The van der Waals surface area contributed by atoms with Crippen molar-refractivity contribution in [2.24, 2.45) is 5.92 Å². The molecule has 24 heavy (non-hydrogen) atoms. The quantitative estimate of drug-likeness (QED) is 0.571. The van der Waals surface area contributed by atoms with Gasteiger partial charge in [0, 0.05) is 16.5 Å². The van der Waals surface area contributed by atoms with Crippen LogP contribution in [0, 0.1) is 17.8 Å². The smallest absolute Gasteiger partial charge is 0.222 e. The highest BCUT2D eigenvalue weighted by Gasteiger charge is 2.18. The van der Waals surface area contributed by atoms with Crippen molar-refractivity contribution in [1.82, 2.24) is 0 Å². The second-order valence-electron chi connectivity index (χ2n) is 5.64. The number of allylic oxidation sites excluding steroid dienone is 1. The molecule has 0 atom stereocenters. The lowest BCUT2D eigenvalue weighted by molar-refractivity contribution is -0.160. The van der Waals surface area contributed by atoms with Crippen LogP contribution in [0.3, 0.4) is 0 Å². The first kappa shape index (κ1) is 16.8. The van der Waals surface area contributed by atoms with E-state index in [1.54, 1.807) is 0 Å². The topological polar surface area (TPSA) is 18.5 Å². The molecule has 3 rings (SSSR count). The van der Waals surface area contributed by atoms with E-state index < -0.39 is 6.29 Å². The minimum Gasteiger partial charge on any atom is -0.341 e. The van der Waals surface area contributed by atoms with E-state index in [2.05, 4.69) is 30.0 Å². The van der Waals surface area contributed by atoms with Crippen molar-refractivity contribution in [2.45, 2.75) is 13.2 Å². The van der Waals surface area contributed by atoms with Crippen LogP contribution in [-0.2, 0) is 9.47 Å². The summed E-state index contributed by atoms with van der Waals surface area (Å²) in [7, 11) is 0. The van der Waals surface area contributed by atoms with Crippen molar-refractivity contribution >= 4 is 11.6 Å². The molecule has 0 unspecified atom stereocenters. The zero-order chi connectivity index (χ0) is 16.8. The molecule has 1 aliphatic rings. The zero-order valence-electron chi connectivity index (χ0n) is 13.5. The van der Waals surface area contributed by atoms with Crippen molar-refractivity contribution in [3.05, 3.63) is 71.3 Å². The minimum absolute atomic E-state index is 0.326. The van der Waals surface area contributed by atoms with Gasteiger partial charge in [-0.05, 0) is 48.2 Å². The van der Waals surface area contributed by atoms with Gasteiger partial charge in [-0.2, -0.15) is 0 Å². The highest BCUT2D eigenvalue weighted by Crippen LogP contribution is 2.21.